The summed E-state index contributed by atoms with van der Waals surface area (Å²) in [4.78, 5) is 3.15. The third-order valence-corrected chi connectivity index (χ3v) is 2.81. The number of aromatic nitrogens is 1. The second-order valence-corrected chi connectivity index (χ2v) is 3.61. The quantitative estimate of drug-likeness (QED) is 0.678. The molecule has 0 unspecified atom stereocenters. The van der Waals surface area contributed by atoms with Crippen LogP contribution in [0.2, 0.25) is 0 Å². The predicted molar refractivity (Wildman–Crippen MR) is 48.0 cm³/mol. The van der Waals surface area contributed by atoms with Crippen molar-refractivity contribution in [3.8, 4) is 0 Å². The molecular formula is C10H15NO. The molecule has 66 valence electrons. The van der Waals surface area contributed by atoms with Gasteiger partial charge < -0.3 is 9.72 Å². The van der Waals surface area contributed by atoms with Crippen molar-refractivity contribution in [2.75, 3.05) is 7.11 Å². The van der Waals surface area contributed by atoms with Crippen molar-refractivity contribution in [3.05, 3.63) is 23.5 Å². The van der Waals surface area contributed by atoms with E-state index in [1.54, 1.807) is 7.11 Å². The van der Waals surface area contributed by atoms with Crippen LogP contribution in [0, 0.1) is 5.92 Å². The maximum atomic E-state index is 5.47. The highest BCUT2D eigenvalue weighted by Gasteiger charge is 2.26. The molecule has 0 saturated carbocycles. The van der Waals surface area contributed by atoms with Crippen LogP contribution in [-0.4, -0.2) is 12.1 Å². The van der Waals surface area contributed by atoms with Crippen molar-refractivity contribution in [1.29, 1.82) is 0 Å². The largest absolute Gasteiger partial charge is 0.376 e. The van der Waals surface area contributed by atoms with Crippen LogP contribution in [0.1, 0.15) is 30.6 Å². The minimum atomic E-state index is 0.306. The minimum absolute atomic E-state index is 0.306. The molecule has 1 aliphatic carbocycles. The highest BCUT2D eigenvalue weighted by Crippen LogP contribution is 2.35. The maximum Gasteiger partial charge on any atom is 0.0863 e. The Balaban J connectivity index is 2.34. The summed E-state index contributed by atoms with van der Waals surface area (Å²) in [7, 11) is 1.79. The lowest BCUT2D eigenvalue weighted by Crippen LogP contribution is -2.18. The fourth-order valence-electron chi connectivity index (χ4n) is 2.09. The summed E-state index contributed by atoms with van der Waals surface area (Å²) in [6.45, 7) is 2.25. The molecule has 1 heterocycles. The highest BCUT2D eigenvalue weighted by atomic mass is 16.5. The molecule has 0 spiro atoms. The molecule has 0 radical (unpaired) electrons. The second kappa shape index (κ2) is 2.94. The second-order valence-electron chi connectivity index (χ2n) is 3.61. The van der Waals surface area contributed by atoms with Gasteiger partial charge >= 0.3 is 0 Å². The van der Waals surface area contributed by atoms with E-state index in [1.165, 1.54) is 24.0 Å². The molecule has 0 aliphatic heterocycles. The van der Waals surface area contributed by atoms with Crippen LogP contribution < -0.4 is 0 Å². The number of H-pyrrole nitrogens is 1. The first-order chi connectivity index (χ1) is 5.83. The topological polar surface area (TPSA) is 25.0 Å². The Hall–Kier alpha value is -0.760. The van der Waals surface area contributed by atoms with Crippen molar-refractivity contribution in [2.24, 2.45) is 5.92 Å². The van der Waals surface area contributed by atoms with Gasteiger partial charge in [-0.25, -0.2) is 0 Å². The van der Waals surface area contributed by atoms with Crippen molar-refractivity contribution >= 4 is 0 Å². The van der Waals surface area contributed by atoms with Gasteiger partial charge in [-0.3, -0.25) is 0 Å². The first-order valence-corrected chi connectivity index (χ1v) is 4.51. The maximum absolute atomic E-state index is 5.47. The summed E-state index contributed by atoms with van der Waals surface area (Å²) in [6, 6.07) is 0. The number of nitrogens with one attached hydrogen (secondary N) is 1. The summed E-state index contributed by atoms with van der Waals surface area (Å²) in [5.74, 6) is 0.651. The lowest BCUT2D eigenvalue weighted by molar-refractivity contribution is 0.0483. The zero-order chi connectivity index (χ0) is 8.55. The smallest absolute Gasteiger partial charge is 0.0863 e. The number of hydrogen-bond donors (Lipinski definition) is 1. The van der Waals surface area contributed by atoms with E-state index in [9.17, 15) is 0 Å². The summed E-state index contributed by atoms with van der Waals surface area (Å²) >= 11 is 0. The molecule has 1 aromatic heterocycles. The molecule has 1 aliphatic rings. The summed E-state index contributed by atoms with van der Waals surface area (Å²) in [6.07, 6.45) is 6.90. The number of fused-ring (bicyclic) bond motifs is 1. The Morgan fingerprint density at radius 2 is 2.33 bits per heavy atom. The average Bonchev–Trinajstić information content (AvgIpc) is 2.52. The molecule has 1 N–H and O–H groups in total. The molecule has 0 aromatic carbocycles. The van der Waals surface area contributed by atoms with Gasteiger partial charge in [-0.2, -0.15) is 0 Å². The molecule has 2 atom stereocenters. The molecule has 1 aromatic rings. The predicted octanol–water partition coefficient (Wildman–Crippen LogP) is 2.28. The molecule has 2 rings (SSSR count). The molecule has 0 saturated heterocycles. The van der Waals surface area contributed by atoms with E-state index >= 15 is 0 Å². The minimum Gasteiger partial charge on any atom is -0.376 e. The van der Waals surface area contributed by atoms with E-state index in [2.05, 4.69) is 24.3 Å². The van der Waals surface area contributed by atoms with Gasteiger partial charge in [-0.05, 0) is 24.3 Å². The third-order valence-electron chi connectivity index (χ3n) is 2.81. The van der Waals surface area contributed by atoms with Gasteiger partial charge in [0.05, 0.1) is 6.10 Å². The third kappa shape index (κ3) is 1.07. The number of aryl methyl sites for hydroxylation is 1. The van der Waals surface area contributed by atoms with Gasteiger partial charge in [0.25, 0.3) is 0 Å². The molecular weight excluding hydrogens is 150 g/mol. The van der Waals surface area contributed by atoms with Gasteiger partial charge in [-0.1, -0.05) is 6.92 Å². The summed E-state index contributed by atoms with van der Waals surface area (Å²) in [5.41, 5.74) is 2.79. The van der Waals surface area contributed by atoms with E-state index < -0.39 is 0 Å². The van der Waals surface area contributed by atoms with E-state index in [1.807, 2.05) is 0 Å². The van der Waals surface area contributed by atoms with Crippen molar-refractivity contribution in [3.63, 3.8) is 0 Å². The van der Waals surface area contributed by atoms with Crippen LogP contribution in [0.4, 0.5) is 0 Å². The SMILES string of the molecule is CO[C@H]1c2c[nH]cc2CC[C@H]1C. The van der Waals surface area contributed by atoms with Gasteiger partial charge in [0.2, 0.25) is 0 Å². The van der Waals surface area contributed by atoms with Crippen molar-refractivity contribution < 1.29 is 4.74 Å². The molecule has 0 amide bonds. The number of ether oxygens (including phenoxy) is 1. The Morgan fingerprint density at radius 1 is 1.50 bits per heavy atom. The normalized spacial score (nSPS) is 28.5. The van der Waals surface area contributed by atoms with Crippen LogP contribution >= 0.6 is 0 Å². The van der Waals surface area contributed by atoms with Crippen LogP contribution in [0.3, 0.4) is 0 Å². The van der Waals surface area contributed by atoms with E-state index in [0.717, 1.165) is 0 Å². The lowest BCUT2D eigenvalue weighted by atomic mass is 9.85. The van der Waals surface area contributed by atoms with Gasteiger partial charge in [0.15, 0.2) is 0 Å². The van der Waals surface area contributed by atoms with Gasteiger partial charge in [0, 0.05) is 25.1 Å². The van der Waals surface area contributed by atoms with Crippen LogP contribution in [0.15, 0.2) is 12.4 Å². The highest BCUT2D eigenvalue weighted by molar-refractivity contribution is 5.28. The van der Waals surface area contributed by atoms with E-state index in [0.29, 0.717) is 12.0 Å². The number of methoxy groups -OCH3 is 1. The van der Waals surface area contributed by atoms with E-state index in [4.69, 9.17) is 4.74 Å². The fraction of sp³-hybridized carbons (Fsp3) is 0.600. The van der Waals surface area contributed by atoms with Crippen molar-refractivity contribution in [2.45, 2.75) is 25.9 Å². The van der Waals surface area contributed by atoms with Gasteiger partial charge in [0.1, 0.15) is 0 Å². The van der Waals surface area contributed by atoms with Crippen LogP contribution in [0.25, 0.3) is 0 Å². The lowest BCUT2D eigenvalue weighted by Gasteiger charge is -2.27. The molecule has 0 fully saturated rings. The van der Waals surface area contributed by atoms with Crippen LogP contribution in [0.5, 0.6) is 0 Å². The number of aromatic amines is 1. The Morgan fingerprint density at radius 3 is 3.08 bits per heavy atom. The first kappa shape index (κ1) is 7.87. The Labute approximate surface area is 72.9 Å². The zero-order valence-electron chi connectivity index (χ0n) is 7.63. The number of hydrogen-bond acceptors (Lipinski definition) is 1. The van der Waals surface area contributed by atoms with Crippen molar-refractivity contribution in [1.82, 2.24) is 4.98 Å². The number of rotatable bonds is 1. The fourth-order valence-corrected chi connectivity index (χ4v) is 2.09. The van der Waals surface area contributed by atoms with Crippen LogP contribution in [-0.2, 0) is 11.2 Å². The molecule has 12 heavy (non-hydrogen) atoms. The Bertz CT molecular complexity index is 267. The molecule has 2 heteroatoms. The summed E-state index contributed by atoms with van der Waals surface area (Å²) in [5, 5.41) is 0. The zero-order valence-corrected chi connectivity index (χ0v) is 7.63. The average molecular weight is 165 g/mol. The molecule has 2 nitrogen and oxygen atoms in total. The standard InChI is InChI=1S/C10H15NO/c1-7-3-4-8-5-11-6-9(8)10(7)12-2/h5-7,10-11H,3-4H2,1-2H3/t7-,10-/m1/s1. The Kier molecular flexibility index (Phi) is 1.93. The van der Waals surface area contributed by atoms with E-state index in [-0.39, 0.29) is 0 Å². The van der Waals surface area contributed by atoms with Gasteiger partial charge in [-0.15, -0.1) is 0 Å². The monoisotopic (exact) mass is 165 g/mol. The first-order valence-electron chi connectivity index (χ1n) is 4.51. The summed E-state index contributed by atoms with van der Waals surface area (Å²) < 4.78 is 5.47. The molecule has 0 bridgehead atoms.